The fourth-order valence-corrected chi connectivity index (χ4v) is 4.67. The molecule has 4 rings (SSSR count). The molecule has 2 aliphatic heterocycles. The zero-order valence-electron chi connectivity index (χ0n) is 14.0. The van der Waals surface area contributed by atoms with Gasteiger partial charge in [-0.3, -0.25) is 9.69 Å². The molecule has 3 aliphatic rings. The van der Waals surface area contributed by atoms with Crippen LogP contribution < -0.4 is 4.74 Å². The quantitative estimate of drug-likeness (QED) is 0.836. The highest BCUT2D eigenvalue weighted by Gasteiger charge is 2.29. The fourth-order valence-electron chi connectivity index (χ4n) is 3.58. The third-order valence-electron chi connectivity index (χ3n) is 5.35. The Morgan fingerprint density at radius 3 is 2.58 bits per heavy atom. The molecule has 0 radical (unpaired) electrons. The SMILES string of the molecule is O=C(c1ccc(O[C@@H]2CCSC2)nc1)N1CCN(C2CCC2)CC1. The van der Waals surface area contributed by atoms with Crippen LogP contribution in [0.5, 0.6) is 5.88 Å². The molecule has 0 N–H and O–H groups in total. The molecule has 3 fully saturated rings. The van der Waals surface area contributed by atoms with E-state index in [4.69, 9.17) is 4.74 Å². The average molecular weight is 347 g/mol. The van der Waals surface area contributed by atoms with Gasteiger partial charge < -0.3 is 9.64 Å². The minimum atomic E-state index is 0.0960. The first-order chi connectivity index (χ1) is 11.8. The van der Waals surface area contributed by atoms with Gasteiger partial charge in [-0.2, -0.15) is 11.8 Å². The summed E-state index contributed by atoms with van der Waals surface area (Å²) in [5.41, 5.74) is 0.667. The predicted molar refractivity (Wildman–Crippen MR) is 95.7 cm³/mol. The summed E-state index contributed by atoms with van der Waals surface area (Å²) in [5.74, 6) is 2.93. The molecule has 6 heteroatoms. The third kappa shape index (κ3) is 3.54. The van der Waals surface area contributed by atoms with Crippen molar-refractivity contribution in [1.29, 1.82) is 0 Å². The number of ether oxygens (including phenoxy) is 1. The van der Waals surface area contributed by atoms with Crippen LogP contribution in [0.1, 0.15) is 36.0 Å². The second kappa shape index (κ2) is 7.31. The molecule has 0 aromatic carbocycles. The summed E-state index contributed by atoms with van der Waals surface area (Å²) in [7, 11) is 0. The summed E-state index contributed by atoms with van der Waals surface area (Å²) in [6.07, 6.45) is 7.04. The van der Waals surface area contributed by atoms with Gasteiger partial charge in [-0.05, 0) is 31.1 Å². The smallest absolute Gasteiger partial charge is 0.255 e. The average Bonchev–Trinajstić information content (AvgIpc) is 3.07. The highest BCUT2D eigenvalue weighted by Crippen LogP contribution is 2.26. The van der Waals surface area contributed by atoms with Gasteiger partial charge in [-0.1, -0.05) is 6.42 Å². The van der Waals surface area contributed by atoms with E-state index in [-0.39, 0.29) is 12.0 Å². The van der Waals surface area contributed by atoms with Crippen LogP contribution in [0.2, 0.25) is 0 Å². The van der Waals surface area contributed by atoms with Gasteiger partial charge in [-0.25, -0.2) is 4.98 Å². The Bertz CT molecular complexity index is 562. The van der Waals surface area contributed by atoms with Crippen molar-refractivity contribution in [2.75, 3.05) is 37.7 Å². The van der Waals surface area contributed by atoms with E-state index in [0.29, 0.717) is 11.4 Å². The molecule has 24 heavy (non-hydrogen) atoms. The van der Waals surface area contributed by atoms with Gasteiger partial charge in [0.1, 0.15) is 6.10 Å². The second-order valence-electron chi connectivity index (χ2n) is 6.90. The van der Waals surface area contributed by atoms with Crippen molar-refractivity contribution in [3.05, 3.63) is 23.9 Å². The van der Waals surface area contributed by atoms with Crippen molar-refractivity contribution in [2.24, 2.45) is 0 Å². The largest absolute Gasteiger partial charge is 0.473 e. The molecule has 1 aliphatic carbocycles. The van der Waals surface area contributed by atoms with E-state index in [1.54, 1.807) is 6.20 Å². The number of hydrogen-bond acceptors (Lipinski definition) is 5. The molecule has 1 saturated carbocycles. The van der Waals surface area contributed by atoms with E-state index in [2.05, 4.69) is 9.88 Å². The lowest BCUT2D eigenvalue weighted by Crippen LogP contribution is -2.53. The van der Waals surface area contributed by atoms with Crippen molar-refractivity contribution in [3.8, 4) is 5.88 Å². The summed E-state index contributed by atoms with van der Waals surface area (Å²) < 4.78 is 5.85. The Balaban J connectivity index is 1.31. The number of amides is 1. The molecule has 5 nitrogen and oxygen atoms in total. The monoisotopic (exact) mass is 347 g/mol. The van der Waals surface area contributed by atoms with Gasteiger partial charge in [0.05, 0.1) is 5.56 Å². The highest BCUT2D eigenvalue weighted by molar-refractivity contribution is 7.99. The lowest BCUT2D eigenvalue weighted by Gasteiger charge is -2.42. The number of carbonyl (C=O) groups is 1. The van der Waals surface area contributed by atoms with Crippen LogP contribution >= 0.6 is 11.8 Å². The van der Waals surface area contributed by atoms with Crippen LogP contribution in [0.15, 0.2) is 18.3 Å². The van der Waals surface area contributed by atoms with E-state index in [9.17, 15) is 4.79 Å². The maximum Gasteiger partial charge on any atom is 0.255 e. The Morgan fingerprint density at radius 2 is 2.00 bits per heavy atom. The summed E-state index contributed by atoms with van der Waals surface area (Å²) in [4.78, 5) is 21.5. The Morgan fingerprint density at radius 1 is 1.17 bits per heavy atom. The maximum atomic E-state index is 12.6. The Labute approximate surface area is 147 Å². The number of thioether (sulfide) groups is 1. The molecule has 0 spiro atoms. The fraction of sp³-hybridized carbons (Fsp3) is 0.667. The van der Waals surface area contributed by atoms with Crippen LogP contribution in [-0.2, 0) is 0 Å². The van der Waals surface area contributed by atoms with Gasteiger partial charge >= 0.3 is 0 Å². The number of hydrogen-bond donors (Lipinski definition) is 0. The van der Waals surface area contributed by atoms with Crippen LogP contribution in [0, 0.1) is 0 Å². The van der Waals surface area contributed by atoms with Crippen molar-refractivity contribution in [3.63, 3.8) is 0 Å². The molecule has 0 bridgehead atoms. The molecule has 1 aromatic heterocycles. The van der Waals surface area contributed by atoms with Crippen LogP contribution in [0.3, 0.4) is 0 Å². The number of piperazine rings is 1. The van der Waals surface area contributed by atoms with Crippen LogP contribution in [-0.4, -0.2) is 70.5 Å². The molecule has 0 unspecified atom stereocenters. The number of rotatable bonds is 4. The first kappa shape index (κ1) is 16.2. The van der Waals surface area contributed by atoms with E-state index in [1.807, 2.05) is 28.8 Å². The summed E-state index contributed by atoms with van der Waals surface area (Å²) in [5, 5.41) is 0. The van der Waals surface area contributed by atoms with E-state index in [1.165, 1.54) is 19.3 Å². The van der Waals surface area contributed by atoms with E-state index < -0.39 is 0 Å². The van der Waals surface area contributed by atoms with Crippen molar-refractivity contribution in [2.45, 2.75) is 37.8 Å². The minimum absolute atomic E-state index is 0.0960. The summed E-state index contributed by atoms with van der Waals surface area (Å²) in [6.45, 7) is 3.66. The zero-order chi connectivity index (χ0) is 16.4. The molecule has 3 heterocycles. The van der Waals surface area contributed by atoms with Gasteiger partial charge in [0, 0.05) is 50.2 Å². The molecule has 2 saturated heterocycles. The molecular formula is C18H25N3O2S. The van der Waals surface area contributed by atoms with Gasteiger partial charge in [-0.15, -0.1) is 0 Å². The molecule has 1 atom stereocenters. The van der Waals surface area contributed by atoms with Crippen LogP contribution in [0.4, 0.5) is 0 Å². The number of carbonyl (C=O) groups excluding carboxylic acids is 1. The zero-order valence-corrected chi connectivity index (χ0v) is 14.8. The predicted octanol–water partition coefficient (Wildman–Crippen LogP) is 2.28. The van der Waals surface area contributed by atoms with Crippen molar-refractivity contribution >= 4 is 17.7 Å². The normalized spacial score (nSPS) is 25.5. The first-order valence-electron chi connectivity index (χ1n) is 9.03. The lowest BCUT2D eigenvalue weighted by atomic mass is 9.91. The Kier molecular flexibility index (Phi) is 4.94. The topological polar surface area (TPSA) is 45.7 Å². The number of aromatic nitrogens is 1. The highest BCUT2D eigenvalue weighted by atomic mass is 32.2. The van der Waals surface area contributed by atoms with Gasteiger partial charge in [0.25, 0.3) is 5.91 Å². The Hall–Kier alpha value is -1.27. The van der Waals surface area contributed by atoms with Gasteiger partial charge in [0.2, 0.25) is 5.88 Å². The lowest BCUT2D eigenvalue weighted by molar-refractivity contribution is 0.0455. The van der Waals surface area contributed by atoms with Gasteiger partial charge in [0.15, 0.2) is 0 Å². The molecule has 130 valence electrons. The second-order valence-corrected chi connectivity index (χ2v) is 8.05. The summed E-state index contributed by atoms with van der Waals surface area (Å²) >= 11 is 1.92. The van der Waals surface area contributed by atoms with Crippen molar-refractivity contribution < 1.29 is 9.53 Å². The van der Waals surface area contributed by atoms with E-state index in [0.717, 1.165) is 50.1 Å². The molecule has 1 amide bonds. The minimum Gasteiger partial charge on any atom is -0.473 e. The molecular weight excluding hydrogens is 322 g/mol. The third-order valence-corrected chi connectivity index (χ3v) is 6.48. The maximum absolute atomic E-state index is 12.6. The van der Waals surface area contributed by atoms with Crippen molar-refractivity contribution in [1.82, 2.24) is 14.8 Å². The number of pyridine rings is 1. The van der Waals surface area contributed by atoms with E-state index >= 15 is 0 Å². The molecule has 1 aromatic rings. The first-order valence-corrected chi connectivity index (χ1v) is 10.2. The number of nitrogens with zero attached hydrogens (tertiary/aromatic N) is 3. The standard InChI is InChI=1S/C18H25N3O2S/c22-18(21-9-7-20(8-10-21)15-2-1-3-15)14-4-5-17(19-12-14)23-16-6-11-24-13-16/h4-5,12,15-16H,1-3,6-11,13H2/t16-/m1/s1. The van der Waals surface area contributed by atoms with Crippen LogP contribution in [0.25, 0.3) is 0 Å². The summed E-state index contributed by atoms with van der Waals surface area (Å²) in [6, 6.07) is 4.46.